The van der Waals surface area contributed by atoms with Crippen LogP contribution in [0.2, 0.25) is 0 Å². The fraction of sp³-hybridized carbons (Fsp3) is 0.800. The molecular weight excluding hydrogens is 178 g/mol. The topological polar surface area (TPSA) is 51.0 Å². The maximum atomic E-state index is 5.13. The summed E-state index contributed by atoms with van der Waals surface area (Å²) < 4.78 is 5.13. The van der Waals surface area contributed by atoms with Crippen molar-refractivity contribution in [2.45, 2.75) is 45.1 Å². The van der Waals surface area contributed by atoms with Crippen LogP contribution in [-0.2, 0) is 6.42 Å². The van der Waals surface area contributed by atoms with Gasteiger partial charge in [0, 0.05) is 24.9 Å². The Balaban J connectivity index is 1.77. The van der Waals surface area contributed by atoms with Crippen LogP contribution in [0.15, 0.2) is 4.52 Å². The van der Waals surface area contributed by atoms with Crippen molar-refractivity contribution in [1.29, 1.82) is 0 Å². The van der Waals surface area contributed by atoms with E-state index in [1.54, 1.807) is 0 Å². The molecule has 0 unspecified atom stereocenters. The van der Waals surface area contributed by atoms with E-state index in [-0.39, 0.29) is 0 Å². The van der Waals surface area contributed by atoms with Crippen molar-refractivity contribution < 1.29 is 4.52 Å². The molecule has 1 aromatic heterocycles. The highest BCUT2D eigenvalue weighted by molar-refractivity contribution is 4.92. The van der Waals surface area contributed by atoms with Gasteiger partial charge in [0.05, 0.1) is 0 Å². The molecule has 4 nitrogen and oxygen atoms in total. The molecule has 0 atom stereocenters. The maximum absolute atomic E-state index is 5.13. The Hall–Kier alpha value is -0.900. The number of nitrogens with one attached hydrogen (secondary N) is 1. The Bertz CT molecular complexity index is 291. The van der Waals surface area contributed by atoms with Gasteiger partial charge in [-0.3, -0.25) is 0 Å². The van der Waals surface area contributed by atoms with Gasteiger partial charge in [-0.2, -0.15) is 4.98 Å². The molecule has 14 heavy (non-hydrogen) atoms. The molecule has 0 amide bonds. The predicted molar refractivity (Wildman–Crippen MR) is 53.1 cm³/mol. The lowest BCUT2D eigenvalue weighted by Gasteiger charge is -1.97. The molecule has 0 spiro atoms. The number of nitrogens with zero attached hydrogens (tertiary/aromatic N) is 2. The van der Waals surface area contributed by atoms with Crippen LogP contribution < -0.4 is 5.32 Å². The first-order chi connectivity index (χ1) is 6.75. The fourth-order valence-corrected chi connectivity index (χ4v) is 1.27. The zero-order valence-electron chi connectivity index (χ0n) is 8.79. The van der Waals surface area contributed by atoms with E-state index in [0.29, 0.717) is 5.92 Å². The zero-order chi connectivity index (χ0) is 9.97. The van der Waals surface area contributed by atoms with Crippen LogP contribution in [0.4, 0.5) is 0 Å². The molecule has 1 aliphatic rings. The number of hydrogen-bond acceptors (Lipinski definition) is 4. The highest BCUT2D eigenvalue weighted by atomic mass is 16.5. The summed E-state index contributed by atoms with van der Waals surface area (Å²) in [7, 11) is 0. The summed E-state index contributed by atoms with van der Waals surface area (Å²) in [4.78, 5) is 4.31. The van der Waals surface area contributed by atoms with Gasteiger partial charge in [0.25, 0.3) is 0 Å². The Morgan fingerprint density at radius 2 is 2.29 bits per heavy atom. The third-order valence-corrected chi connectivity index (χ3v) is 2.35. The first-order valence-electron chi connectivity index (χ1n) is 5.31. The third-order valence-electron chi connectivity index (χ3n) is 2.35. The Morgan fingerprint density at radius 3 is 2.86 bits per heavy atom. The zero-order valence-corrected chi connectivity index (χ0v) is 8.79. The monoisotopic (exact) mass is 195 g/mol. The molecule has 1 fully saturated rings. The Labute approximate surface area is 84.1 Å². The van der Waals surface area contributed by atoms with Crippen molar-refractivity contribution in [3.63, 3.8) is 0 Å². The predicted octanol–water partition coefficient (Wildman–Crippen LogP) is 1.49. The van der Waals surface area contributed by atoms with E-state index in [0.717, 1.165) is 30.7 Å². The minimum absolute atomic E-state index is 0.351. The van der Waals surface area contributed by atoms with Crippen molar-refractivity contribution in [2.24, 2.45) is 0 Å². The molecule has 1 heterocycles. The van der Waals surface area contributed by atoms with Gasteiger partial charge in [-0.1, -0.05) is 19.0 Å². The lowest BCUT2D eigenvalue weighted by atomic mass is 10.2. The van der Waals surface area contributed by atoms with Gasteiger partial charge in [-0.15, -0.1) is 0 Å². The SMILES string of the molecule is CC(C)c1noc(CCNC2CC2)n1. The molecule has 78 valence electrons. The summed E-state index contributed by atoms with van der Waals surface area (Å²) in [5.41, 5.74) is 0. The van der Waals surface area contributed by atoms with Crippen LogP contribution in [0.3, 0.4) is 0 Å². The van der Waals surface area contributed by atoms with Gasteiger partial charge in [-0.25, -0.2) is 0 Å². The molecule has 0 radical (unpaired) electrons. The first kappa shape index (κ1) is 9.65. The maximum Gasteiger partial charge on any atom is 0.227 e. The molecule has 0 saturated heterocycles. The fourth-order valence-electron chi connectivity index (χ4n) is 1.27. The molecule has 1 saturated carbocycles. The van der Waals surface area contributed by atoms with Crippen molar-refractivity contribution >= 4 is 0 Å². The van der Waals surface area contributed by atoms with E-state index >= 15 is 0 Å². The van der Waals surface area contributed by atoms with Gasteiger partial charge in [0.15, 0.2) is 5.82 Å². The van der Waals surface area contributed by atoms with E-state index in [9.17, 15) is 0 Å². The smallest absolute Gasteiger partial charge is 0.227 e. The highest BCUT2D eigenvalue weighted by Gasteiger charge is 2.20. The van der Waals surface area contributed by atoms with E-state index in [4.69, 9.17) is 4.52 Å². The van der Waals surface area contributed by atoms with Crippen LogP contribution in [0.5, 0.6) is 0 Å². The van der Waals surface area contributed by atoms with Gasteiger partial charge in [-0.05, 0) is 12.8 Å². The largest absolute Gasteiger partial charge is 0.339 e. The van der Waals surface area contributed by atoms with Crippen LogP contribution >= 0.6 is 0 Å². The van der Waals surface area contributed by atoms with Crippen molar-refractivity contribution in [1.82, 2.24) is 15.5 Å². The standard InChI is InChI=1S/C10H17N3O/c1-7(2)10-12-9(14-13-10)5-6-11-8-3-4-8/h7-8,11H,3-6H2,1-2H3. The van der Waals surface area contributed by atoms with Crippen LogP contribution in [-0.4, -0.2) is 22.7 Å². The molecule has 2 rings (SSSR count). The second-order valence-electron chi connectivity index (χ2n) is 4.18. The minimum atomic E-state index is 0.351. The summed E-state index contributed by atoms with van der Waals surface area (Å²) in [6.45, 7) is 5.08. The number of hydrogen-bond donors (Lipinski definition) is 1. The van der Waals surface area contributed by atoms with Gasteiger partial charge >= 0.3 is 0 Å². The molecule has 1 aromatic rings. The van der Waals surface area contributed by atoms with E-state index < -0.39 is 0 Å². The van der Waals surface area contributed by atoms with Crippen LogP contribution in [0, 0.1) is 0 Å². The molecule has 1 N–H and O–H groups in total. The van der Waals surface area contributed by atoms with Crippen molar-refractivity contribution in [3.8, 4) is 0 Å². The summed E-state index contributed by atoms with van der Waals surface area (Å²) in [5, 5.41) is 7.33. The molecule has 0 aromatic carbocycles. The summed E-state index contributed by atoms with van der Waals surface area (Å²) in [6.07, 6.45) is 3.48. The molecule has 4 heteroatoms. The number of aromatic nitrogens is 2. The lowest BCUT2D eigenvalue weighted by Crippen LogP contribution is -2.19. The molecule has 0 bridgehead atoms. The minimum Gasteiger partial charge on any atom is -0.339 e. The molecule has 0 aliphatic heterocycles. The average Bonchev–Trinajstić information content (AvgIpc) is 2.82. The summed E-state index contributed by atoms with van der Waals surface area (Å²) in [5.74, 6) is 1.91. The van der Waals surface area contributed by atoms with Gasteiger partial charge in [0.1, 0.15) is 0 Å². The molecular formula is C10H17N3O. The second-order valence-corrected chi connectivity index (χ2v) is 4.18. The average molecular weight is 195 g/mol. The summed E-state index contributed by atoms with van der Waals surface area (Å²) >= 11 is 0. The molecule has 1 aliphatic carbocycles. The lowest BCUT2D eigenvalue weighted by molar-refractivity contribution is 0.369. The van der Waals surface area contributed by atoms with E-state index in [1.807, 2.05) is 0 Å². The quantitative estimate of drug-likeness (QED) is 0.773. The highest BCUT2D eigenvalue weighted by Crippen LogP contribution is 2.18. The van der Waals surface area contributed by atoms with Crippen molar-refractivity contribution in [3.05, 3.63) is 11.7 Å². The van der Waals surface area contributed by atoms with Gasteiger partial charge < -0.3 is 9.84 Å². The second kappa shape index (κ2) is 4.09. The van der Waals surface area contributed by atoms with Crippen LogP contribution in [0.25, 0.3) is 0 Å². The van der Waals surface area contributed by atoms with Gasteiger partial charge in [0.2, 0.25) is 5.89 Å². The van der Waals surface area contributed by atoms with E-state index in [2.05, 4.69) is 29.3 Å². The Kier molecular flexibility index (Phi) is 2.82. The van der Waals surface area contributed by atoms with E-state index in [1.165, 1.54) is 12.8 Å². The normalized spacial score (nSPS) is 16.5. The summed E-state index contributed by atoms with van der Waals surface area (Å²) in [6, 6.07) is 0.752. The Morgan fingerprint density at radius 1 is 1.50 bits per heavy atom. The number of rotatable bonds is 5. The van der Waals surface area contributed by atoms with Crippen molar-refractivity contribution in [2.75, 3.05) is 6.54 Å². The van der Waals surface area contributed by atoms with Crippen LogP contribution in [0.1, 0.15) is 44.3 Å². The third kappa shape index (κ3) is 2.54. The first-order valence-corrected chi connectivity index (χ1v) is 5.31.